The Kier molecular flexibility index (Phi) is 3.36. The van der Waals surface area contributed by atoms with Gasteiger partial charge in [0.1, 0.15) is 11.2 Å². The van der Waals surface area contributed by atoms with Gasteiger partial charge in [0.2, 0.25) is 5.88 Å². The highest BCUT2D eigenvalue weighted by Gasteiger charge is 2.37. The summed E-state index contributed by atoms with van der Waals surface area (Å²) in [5.74, 6) is -0.278. The van der Waals surface area contributed by atoms with Gasteiger partial charge in [-0.1, -0.05) is 0 Å². The predicted molar refractivity (Wildman–Crippen MR) is 63.3 cm³/mol. The molecule has 0 spiro atoms. The van der Waals surface area contributed by atoms with Crippen molar-refractivity contribution in [3.05, 3.63) is 17.8 Å². The zero-order valence-corrected chi connectivity index (χ0v) is 11.0. The zero-order valence-electron chi connectivity index (χ0n) is 11.0. The summed E-state index contributed by atoms with van der Waals surface area (Å²) in [7, 11) is 0. The maximum Gasteiger partial charge on any atom is 0.420 e. The molecule has 1 aliphatic carbocycles. The van der Waals surface area contributed by atoms with Crippen molar-refractivity contribution in [2.24, 2.45) is 0 Å². The van der Waals surface area contributed by atoms with Crippen molar-refractivity contribution in [1.82, 2.24) is 4.98 Å². The van der Waals surface area contributed by atoms with Crippen LogP contribution < -0.4 is 9.47 Å². The molecule has 1 fully saturated rings. The van der Waals surface area contributed by atoms with E-state index in [1.807, 2.05) is 0 Å². The van der Waals surface area contributed by atoms with Crippen LogP contribution in [0.2, 0.25) is 0 Å². The van der Waals surface area contributed by atoms with Gasteiger partial charge < -0.3 is 9.47 Å². The van der Waals surface area contributed by atoms with Crippen LogP contribution in [0.15, 0.2) is 12.3 Å². The number of rotatable bonds is 3. The first kappa shape index (κ1) is 14.0. The lowest BCUT2D eigenvalue weighted by Crippen LogP contribution is -2.24. The van der Waals surface area contributed by atoms with Crippen molar-refractivity contribution < 1.29 is 22.6 Å². The number of alkyl halides is 3. The van der Waals surface area contributed by atoms with Crippen LogP contribution in [-0.2, 0) is 6.18 Å². The maximum atomic E-state index is 13.0. The van der Waals surface area contributed by atoms with E-state index < -0.39 is 17.3 Å². The molecule has 0 amide bonds. The number of nitrogens with zero attached hydrogens (tertiary/aromatic N) is 1. The lowest BCUT2D eigenvalue weighted by molar-refractivity contribution is -0.139. The summed E-state index contributed by atoms with van der Waals surface area (Å²) >= 11 is 0. The molecule has 1 saturated carbocycles. The Labute approximate surface area is 109 Å². The van der Waals surface area contributed by atoms with Crippen molar-refractivity contribution in [3.63, 3.8) is 0 Å². The lowest BCUT2D eigenvalue weighted by Gasteiger charge is -2.21. The fourth-order valence-corrected chi connectivity index (χ4v) is 1.47. The average molecular weight is 275 g/mol. The summed E-state index contributed by atoms with van der Waals surface area (Å²) in [5, 5.41) is 0. The summed E-state index contributed by atoms with van der Waals surface area (Å²) in [6.45, 7) is 5.24. The third-order valence-corrected chi connectivity index (χ3v) is 2.38. The van der Waals surface area contributed by atoms with Crippen LogP contribution in [-0.4, -0.2) is 16.7 Å². The van der Waals surface area contributed by atoms with E-state index >= 15 is 0 Å². The number of hydrogen-bond donors (Lipinski definition) is 0. The Bertz CT molecular complexity index is 462. The van der Waals surface area contributed by atoms with Gasteiger partial charge in [-0.3, -0.25) is 0 Å². The second kappa shape index (κ2) is 4.58. The highest BCUT2D eigenvalue weighted by molar-refractivity contribution is 5.37. The largest absolute Gasteiger partial charge is 0.488 e. The SMILES string of the molecule is CC(C)(C)Oc1cc(C(F)(F)F)c(OC2CC2)cn1. The molecule has 0 saturated heterocycles. The van der Waals surface area contributed by atoms with E-state index in [1.54, 1.807) is 20.8 Å². The summed E-state index contributed by atoms with van der Waals surface area (Å²) in [4.78, 5) is 3.87. The molecule has 1 heterocycles. The maximum absolute atomic E-state index is 13.0. The van der Waals surface area contributed by atoms with Crippen molar-refractivity contribution in [2.45, 2.75) is 51.5 Å². The van der Waals surface area contributed by atoms with E-state index in [9.17, 15) is 13.2 Å². The van der Waals surface area contributed by atoms with Crippen molar-refractivity contribution in [1.29, 1.82) is 0 Å². The third-order valence-electron chi connectivity index (χ3n) is 2.38. The molecule has 3 nitrogen and oxygen atoms in total. The van der Waals surface area contributed by atoms with Gasteiger partial charge in [-0.15, -0.1) is 0 Å². The topological polar surface area (TPSA) is 31.4 Å². The number of ether oxygens (including phenoxy) is 2. The highest BCUT2D eigenvalue weighted by Crippen LogP contribution is 2.40. The molecule has 19 heavy (non-hydrogen) atoms. The summed E-state index contributed by atoms with van der Waals surface area (Å²) in [6.07, 6.45) is -1.93. The Morgan fingerprint density at radius 3 is 2.32 bits per heavy atom. The van der Waals surface area contributed by atoms with Crippen LogP contribution in [0.3, 0.4) is 0 Å². The van der Waals surface area contributed by atoms with E-state index in [-0.39, 0.29) is 17.7 Å². The van der Waals surface area contributed by atoms with Gasteiger partial charge in [-0.05, 0) is 33.6 Å². The van der Waals surface area contributed by atoms with Gasteiger partial charge >= 0.3 is 6.18 Å². The standard InChI is InChI=1S/C13H16F3NO2/c1-12(2,3)19-11-6-9(13(14,15)16)10(7-17-11)18-8-4-5-8/h6-8H,4-5H2,1-3H3. The van der Waals surface area contributed by atoms with Crippen LogP contribution in [0.25, 0.3) is 0 Å². The molecule has 0 aliphatic heterocycles. The quantitative estimate of drug-likeness (QED) is 0.840. The second-order valence-corrected chi connectivity index (χ2v) is 5.55. The van der Waals surface area contributed by atoms with E-state index in [0.717, 1.165) is 25.1 Å². The van der Waals surface area contributed by atoms with E-state index in [4.69, 9.17) is 9.47 Å². The van der Waals surface area contributed by atoms with Crippen LogP contribution in [0.1, 0.15) is 39.2 Å². The van der Waals surface area contributed by atoms with Gasteiger partial charge in [0.15, 0.2) is 5.75 Å². The Morgan fingerprint density at radius 2 is 1.84 bits per heavy atom. The third kappa shape index (κ3) is 4.01. The van der Waals surface area contributed by atoms with E-state index in [0.29, 0.717) is 0 Å². The Balaban J connectivity index is 2.29. The molecular formula is C13H16F3NO2. The number of aromatic nitrogens is 1. The zero-order chi connectivity index (χ0) is 14.3. The van der Waals surface area contributed by atoms with Crippen molar-refractivity contribution >= 4 is 0 Å². The minimum atomic E-state index is -4.48. The number of halogens is 3. The molecule has 6 heteroatoms. The number of hydrogen-bond acceptors (Lipinski definition) is 3. The number of pyridine rings is 1. The Hall–Kier alpha value is -1.46. The van der Waals surface area contributed by atoms with Gasteiger partial charge in [0, 0.05) is 6.07 Å². The highest BCUT2D eigenvalue weighted by atomic mass is 19.4. The molecule has 0 aromatic carbocycles. The van der Waals surface area contributed by atoms with E-state index in [1.165, 1.54) is 0 Å². The first-order valence-electron chi connectivity index (χ1n) is 6.08. The van der Waals surface area contributed by atoms with Crippen LogP contribution >= 0.6 is 0 Å². The molecule has 1 aliphatic rings. The second-order valence-electron chi connectivity index (χ2n) is 5.55. The molecule has 0 N–H and O–H groups in total. The smallest absolute Gasteiger partial charge is 0.420 e. The van der Waals surface area contributed by atoms with Crippen LogP contribution in [0.4, 0.5) is 13.2 Å². The predicted octanol–water partition coefficient (Wildman–Crippen LogP) is 3.82. The summed E-state index contributed by atoms with van der Waals surface area (Å²) in [5.41, 5.74) is -1.44. The molecule has 0 unspecified atom stereocenters. The molecule has 1 aromatic heterocycles. The lowest BCUT2D eigenvalue weighted by atomic mass is 10.2. The molecular weight excluding hydrogens is 259 g/mol. The molecule has 2 rings (SSSR count). The Morgan fingerprint density at radius 1 is 1.21 bits per heavy atom. The van der Waals surface area contributed by atoms with Crippen molar-refractivity contribution in [3.8, 4) is 11.6 Å². The molecule has 106 valence electrons. The first-order valence-corrected chi connectivity index (χ1v) is 6.08. The normalized spacial score (nSPS) is 16.3. The van der Waals surface area contributed by atoms with Gasteiger partial charge in [-0.25, -0.2) is 4.98 Å². The summed E-state index contributed by atoms with van der Waals surface area (Å²) in [6, 6.07) is 0.892. The molecule has 0 atom stereocenters. The monoisotopic (exact) mass is 275 g/mol. The van der Waals surface area contributed by atoms with Crippen LogP contribution in [0.5, 0.6) is 11.6 Å². The average Bonchev–Trinajstić information content (AvgIpc) is 3.00. The van der Waals surface area contributed by atoms with Crippen LogP contribution in [0, 0.1) is 0 Å². The first-order chi connectivity index (χ1) is 8.65. The van der Waals surface area contributed by atoms with Gasteiger partial charge in [0.05, 0.1) is 12.3 Å². The van der Waals surface area contributed by atoms with E-state index in [2.05, 4.69) is 4.98 Å². The molecule has 0 bridgehead atoms. The van der Waals surface area contributed by atoms with Gasteiger partial charge in [-0.2, -0.15) is 13.2 Å². The minimum absolute atomic E-state index is 0.0528. The fourth-order valence-electron chi connectivity index (χ4n) is 1.47. The van der Waals surface area contributed by atoms with Gasteiger partial charge in [0.25, 0.3) is 0 Å². The molecule has 1 aromatic rings. The minimum Gasteiger partial charge on any atom is -0.488 e. The molecule has 0 radical (unpaired) electrons. The summed E-state index contributed by atoms with van der Waals surface area (Å²) < 4.78 is 49.5. The van der Waals surface area contributed by atoms with Crippen molar-refractivity contribution in [2.75, 3.05) is 0 Å². The fraction of sp³-hybridized carbons (Fsp3) is 0.615.